The molecule has 6 aromatic rings. The molecule has 0 saturated carbocycles. The fourth-order valence-corrected chi connectivity index (χ4v) is 5.03. The van der Waals surface area contributed by atoms with Gasteiger partial charge in [-0.3, -0.25) is 0 Å². The fraction of sp³-hybridized carbons (Fsp3) is 0.0476. The molecule has 0 radical (unpaired) electrons. The quantitative estimate of drug-likeness (QED) is 0.188. The summed E-state index contributed by atoms with van der Waals surface area (Å²) in [7, 11) is 4.13. The Hall–Kier alpha value is -6.12. The van der Waals surface area contributed by atoms with Crippen LogP contribution < -0.4 is 4.90 Å². The third kappa shape index (κ3) is 6.00. The van der Waals surface area contributed by atoms with Crippen molar-refractivity contribution in [2.45, 2.75) is 0 Å². The van der Waals surface area contributed by atoms with Crippen molar-refractivity contribution in [2.75, 3.05) is 19.0 Å². The van der Waals surface area contributed by atoms with Crippen molar-refractivity contribution in [1.29, 1.82) is 0 Å². The van der Waals surface area contributed by atoms with E-state index in [0.29, 0.717) is 0 Å². The number of anilines is 1. The van der Waals surface area contributed by atoms with Crippen LogP contribution in [0.5, 0.6) is 0 Å². The summed E-state index contributed by atoms with van der Waals surface area (Å²) in [5, 5.41) is 4.53. The molecule has 0 aliphatic heterocycles. The molecular formula is C42H27N. The van der Waals surface area contributed by atoms with Gasteiger partial charge in [0.05, 0.1) is 0 Å². The molecule has 200 valence electrons. The Morgan fingerprint density at radius 2 is 0.744 bits per heavy atom. The summed E-state index contributed by atoms with van der Waals surface area (Å²) in [5.74, 6) is 22.6. The average Bonchev–Trinajstić information content (AvgIpc) is 3.05. The zero-order chi connectivity index (χ0) is 29.6. The summed E-state index contributed by atoms with van der Waals surface area (Å²) in [6, 6.07) is 40.8. The summed E-state index contributed by atoms with van der Waals surface area (Å²) < 4.78 is 0. The second-order valence-electron chi connectivity index (χ2n) is 10.3. The molecule has 6 aromatic carbocycles. The molecule has 43 heavy (non-hydrogen) atoms. The van der Waals surface area contributed by atoms with Gasteiger partial charge in [-0.05, 0) is 89.0 Å². The molecule has 0 atom stereocenters. The van der Waals surface area contributed by atoms with Crippen LogP contribution >= 0.6 is 0 Å². The molecule has 1 heteroatoms. The number of fused-ring (bicyclic) bond motifs is 2. The molecule has 0 unspecified atom stereocenters. The first kappa shape index (κ1) is 27.1. The molecule has 0 heterocycles. The number of benzene rings is 6. The van der Waals surface area contributed by atoms with Crippen LogP contribution in [0.4, 0.5) is 5.69 Å². The minimum absolute atomic E-state index is 0.848. The van der Waals surface area contributed by atoms with Gasteiger partial charge in [-0.15, -0.1) is 6.42 Å². The standard InChI is InChI=1S/C42H27N/c1-4-31-17-19-32(20-18-31)25-28-35-9-5-13-39-36(10-6-12-38(35)39)29-26-33-21-23-34(24-22-33)27-30-37-11-7-15-41-40(37)14-8-16-42(41)43(2)3/h1,5-24H,2-3H3. The second-order valence-corrected chi connectivity index (χ2v) is 10.3. The summed E-state index contributed by atoms with van der Waals surface area (Å²) in [4.78, 5) is 2.13. The van der Waals surface area contributed by atoms with Crippen LogP contribution in [0.2, 0.25) is 0 Å². The predicted octanol–water partition coefficient (Wildman–Crippen LogP) is 8.24. The molecule has 0 aliphatic rings. The van der Waals surface area contributed by atoms with Crippen LogP contribution in [0.15, 0.2) is 121 Å². The van der Waals surface area contributed by atoms with Crippen LogP contribution in [0.1, 0.15) is 38.9 Å². The molecular weight excluding hydrogens is 518 g/mol. The van der Waals surface area contributed by atoms with Crippen molar-refractivity contribution in [3.63, 3.8) is 0 Å². The van der Waals surface area contributed by atoms with Crippen molar-refractivity contribution in [1.82, 2.24) is 0 Å². The maximum absolute atomic E-state index is 5.46. The Bertz CT molecular complexity index is 2210. The van der Waals surface area contributed by atoms with Crippen LogP contribution in [0.25, 0.3) is 21.5 Å². The Kier molecular flexibility index (Phi) is 7.66. The van der Waals surface area contributed by atoms with Gasteiger partial charge in [-0.25, -0.2) is 0 Å². The Morgan fingerprint density at radius 3 is 1.14 bits per heavy atom. The molecule has 6 rings (SSSR count). The minimum atomic E-state index is 0.848. The lowest BCUT2D eigenvalue weighted by molar-refractivity contribution is 1.14. The van der Waals surface area contributed by atoms with E-state index in [1.807, 2.05) is 66.7 Å². The maximum Gasteiger partial charge on any atom is 0.0441 e. The fourth-order valence-electron chi connectivity index (χ4n) is 5.03. The van der Waals surface area contributed by atoms with E-state index < -0.39 is 0 Å². The van der Waals surface area contributed by atoms with Crippen molar-refractivity contribution in [3.05, 3.63) is 160 Å². The normalized spacial score (nSPS) is 9.98. The lowest BCUT2D eigenvalue weighted by Gasteiger charge is -2.15. The molecule has 0 saturated heterocycles. The summed E-state index contributed by atoms with van der Waals surface area (Å²) in [6.45, 7) is 0. The smallest absolute Gasteiger partial charge is 0.0441 e. The van der Waals surface area contributed by atoms with E-state index in [9.17, 15) is 0 Å². The number of rotatable bonds is 1. The predicted molar refractivity (Wildman–Crippen MR) is 181 cm³/mol. The zero-order valence-electron chi connectivity index (χ0n) is 24.1. The monoisotopic (exact) mass is 545 g/mol. The van der Waals surface area contributed by atoms with Crippen LogP contribution in [-0.2, 0) is 0 Å². The van der Waals surface area contributed by atoms with Crippen LogP contribution in [-0.4, -0.2) is 14.1 Å². The van der Waals surface area contributed by atoms with E-state index in [0.717, 1.165) is 55.1 Å². The Balaban J connectivity index is 1.24. The molecule has 0 N–H and O–H groups in total. The van der Waals surface area contributed by atoms with Gasteiger partial charge >= 0.3 is 0 Å². The van der Waals surface area contributed by atoms with Gasteiger partial charge in [-0.1, -0.05) is 90.0 Å². The third-order valence-electron chi connectivity index (χ3n) is 7.26. The molecule has 1 nitrogen and oxygen atoms in total. The van der Waals surface area contributed by atoms with Gasteiger partial charge in [0.25, 0.3) is 0 Å². The molecule has 0 bridgehead atoms. The minimum Gasteiger partial charge on any atom is -0.377 e. The largest absolute Gasteiger partial charge is 0.377 e. The first-order chi connectivity index (χ1) is 21.1. The van der Waals surface area contributed by atoms with E-state index >= 15 is 0 Å². The van der Waals surface area contributed by atoms with Crippen molar-refractivity contribution >= 4 is 27.2 Å². The SMILES string of the molecule is C#Cc1ccc(C#Cc2cccc3c(C#Cc4ccc(C#Cc5cccc6c(N(C)C)cccc56)cc4)cccc23)cc1. The van der Waals surface area contributed by atoms with Gasteiger partial charge in [0, 0.05) is 64.1 Å². The third-order valence-corrected chi connectivity index (χ3v) is 7.26. The van der Waals surface area contributed by atoms with E-state index in [-0.39, 0.29) is 0 Å². The zero-order valence-corrected chi connectivity index (χ0v) is 24.1. The van der Waals surface area contributed by atoms with Gasteiger partial charge in [0.15, 0.2) is 0 Å². The first-order valence-electron chi connectivity index (χ1n) is 14.0. The first-order valence-corrected chi connectivity index (χ1v) is 14.0. The summed E-state index contributed by atoms with van der Waals surface area (Å²) in [5.41, 5.74) is 7.81. The van der Waals surface area contributed by atoms with Crippen LogP contribution in [0.3, 0.4) is 0 Å². The van der Waals surface area contributed by atoms with Crippen LogP contribution in [0, 0.1) is 47.9 Å². The van der Waals surface area contributed by atoms with E-state index in [2.05, 4.69) is 115 Å². The van der Waals surface area contributed by atoms with Crippen molar-refractivity contribution in [3.8, 4) is 47.9 Å². The second kappa shape index (κ2) is 12.2. The Labute approximate surface area is 253 Å². The Morgan fingerprint density at radius 1 is 0.395 bits per heavy atom. The van der Waals surface area contributed by atoms with E-state index in [4.69, 9.17) is 6.42 Å². The highest BCUT2D eigenvalue weighted by Gasteiger charge is 2.05. The lowest BCUT2D eigenvalue weighted by Crippen LogP contribution is -2.08. The highest BCUT2D eigenvalue weighted by Crippen LogP contribution is 2.27. The van der Waals surface area contributed by atoms with E-state index in [1.165, 1.54) is 11.1 Å². The maximum atomic E-state index is 5.46. The summed E-state index contributed by atoms with van der Waals surface area (Å²) >= 11 is 0. The van der Waals surface area contributed by atoms with Crippen molar-refractivity contribution in [2.24, 2.45) is 0 Å². The molecule has 0 fully saturated rings. The van der Waals surface area contributed by atoms with Gasteiger partial charge in [-0.2, -0.15) is 0 Å². The molecule has 0 amide bonds. The number of nitrogens with zero attached hydrogens (tertiary/aromatic N) is 1. The van der Waals surface area contributed by atoms with Gasteiger partial charge < -0.3 is 4.90 Å². The summed E-state index contributed by atoms with van der Waals surface area (Å²) in [6.07, 6.45) is 5.46. The van der Waals surface area contributed by atoms with Gasteiger partial charge in [0.2, 0.25) is 0 Å². The molecule has 0 spiro atoms. The topological polar surface area (TPSA) is 3.24 Å². The lowest BCUT2D eigenvalue weighted by atomic mass is 10.00. The van der Waals surface area contributed by atoms with Crippen molar-refractivity contribution < 1.29 is 0 Å². The van der Waals surface area contributed by atoms with E-state index in [1.54, 1.807) is 0 Å². The molecule has 0 aliphatic carbocycles. The highest BCUT2D eigenvalue weighted by molar-refractivity contribution is 5.97. The highest BCUT2D eigenvalue weighted by atomic mass is 15.1. The number of hydrogen-bond acceptors (Lipinski definition) is 1. The average molecular weight is 546 g/mol. The molecule has 0 aromatic heterocycles. The number of hydrogen-bond donors (Lipinski definition) is 0. The number of terminal acetylenes is 1. The van der Waals surface area contributed by atoms with Gasteiger partial charge in [0.1, 0.15) is 0 Å².